The SMILES string of the molecule is CC(C)CCCC(=O)CCCOCCOCCC(C)C. The average Bonchev–Trinajstić information content (AvgIpc) is 2.36. The van der Waals surface area contributed by atoms with Gasteiger partial charge in [0.1, 0.15) is 5.78 Å². The highest BCUT2D eigenvalue weighted by Crippen LogP contribution is 2.08. The van der Waals surface area contributed by atoms with Crippen LogP contribution in [0.15, 0.2) is 0 Å². The molecule has 0 saturated carbocycles. The summed E-state index contributed by atoms with van der Waals surface area (Å²) in [7, 11) is 0. The zero-order valence-corrected chi connectivity index (χ0v) is 14.0. The molecule has 0 N–H and O–H groups in total. The third kappa shape index (κ3) is 15.6. The second kappa shape index (κ2) is 13.6. The third-order valence-electron chi connectivity index (χ3n) is 3.19. The monoisotopic (exact) mass is 286 g/mol. The van der Waals surface area contributed by atoms with Gasteiger partial charge in [-0.05, 0) is 31.1 Å². The molecule has 0 rings (SSSR count). The molecule has 120 valence electrons. The van der Waals surface area contributed by atoms with Crippen LogP contribution in [0, 0.1) is 11.8 Å². The summed E-state index contributed by atoms with van der Waals surface area (Å²) in [5.41, 5.74) is 0. The number of ketones is 1. The van der Waals surface area contributed by atoms with Gasteiger partial charge < -0.3 is 9.47 Å². The number of ether oxygens (including phenoxy) is 2. The maximum atomic E-state index is 11.6. The predicted molar refractivity (Wildman–Crippen MR) is 84.0 cm³/mol. The second-order valence-electron chi connectivity index (χ2n) is 6.34. The van der Waals surface area contributed by atoms with Crippen molar-refractivity contribution in [3.63, 3.8) is 0 Å². The van der Waals surface area contributed by atoms with Gasteiger partial charge in [-0.3, -0.25) is 4.79 Å². The molecule has 3 heteroatoms. The quantitative estimate of drug-likeness (QED) is 0.448. The van der Waals surface area contributed by atoms with Gasteiger partial charge in [-0.2, -0.15) is 0 Å². The highest BCUT2D eigenvalue weighted by Gasteiger charge is 2.03. The molecule has 0 fully saturated rings. The molecule has 0 spiro atoms. The Labute approximate surface area is 125 Å². The molecule has 0 saturated heterocycles. The topological polar surface area (TPSA) is 35.5 Å². The van der Waals surface area contributed by atoms with Gasteiger partial charge >= 0.3 is 0 Å². The van der Waals surface area contributed by atoms with Gasteiger partial charge in [-0.25, -0.2) is 0 Å². The first-order valence-corrected chi connectivity index (χ1v) is 8.19. The fourth-order valence-electron chi connectivity index (χ4n) is 1.84. The minimum absolute atomic E-state index is 0.377. The Morgan fingerprint density at radius 2 is 1.30 bits per heavy atom. The Morgan fingerprint density at radius 1 is 0.750 bits per heavy atom. The minimum Gasteiger partial charge on any atom is -0.379 e. The molecule has 0 radical (unpaired) electrons. The van der Waals surface area contributed by atoms with Crippen LogP contribution in [0.2, 0.25) is 0 Å². The zero-order chi connectivity index (χ0) is 15.2. The highest BCUT2D eigenvalue weighted by molar-refractivity contribution is 5.78. The third-order valence-corrected chi connectivity index (χ3v) is 3.19. The Kier molecular flexibility index (Phi) is 13.3. The van der Waals surface area contributed by atoms with Crippen molar-refractivity contribution in [3.05, 3.63) is 0 Å². The largest absolute Gasteiger partial charge is 0.379 e. The first-order valence-electron chi connectivity index (χ1n) is 8.19. The lowest BCUT2D eigenvalue weighted by Crippen LogP contribution is -2.08. The molecule has 0 aliphatic heterocycles. The van der Waals surface area contributed by atoms with E-state index in [1.54, 1.807) is 0 Å². The summed E-state index contributed by atoms with van der Waals surface area (Å²) < 4.78 is 10.9. The summed E-state index contributed by atoms with van der Waals surface area (Å²) in [6.45, 7) is 11.6. The van der Waals surface area contributed by atoms with Gasteiger partial charge in [0.15, 0.2) is 0 Å². The van der Waals surface area contributed by atoms with Crippen molar-refractivity contribution in [2.24, 2.45) is 11.8 Å². The second-order valence-corrected chi connectivity index (χ2v) is 6.34. The molecule has 0 aliphatic carbocycles. The lowest BCUT2D eigenvalue weighted by molar-refractivity contribution is -0.119. The molecule has 20 heavy (non-hydrogen) atoms. The number of hydrogen-bond acceptors (Lipinski definition) is 3. The van der Waals surface area contributed by atoms with E-state index in [0.29, 0.717) is 43.9 Å². The molecule has 0 aromatic rings. The molecule has 0 aliphatic rings. The van der Waals surface area contributed by atoms with Crippen LogP contribution in [0.5, 0.6) is 0 Å². The summed E-state index contributed by atoms with van der Waals surface area (Å²) in [6, 6.07) is 0. The molecule has 0 aromatic heterocycles. The van der Waals surface area contributed by atoms with E-state index in [9.17, 15) is 4.79 Å². The molecular weight excluding hydrogens is 252 g/mol. The van der Waals surface area contributed by atoms with Crippen molar-refractivity contribution in [1.82, 2.24) is 0 Å². The summed E-state index contributed by atoms with van der Waals surface area (Å²) >= 11 is 0. The fraction of sp³-hybridized carbons (Fsp3) is 0.941. The van der Waals surface area contributed by atoms with Gasteiger partial charge in [0.25, 0.3) is 0 Å². The van der Waals surface area contributed by atoms with Crippen molar-refractivity contribution < 1.29 is 14.3 Å². The average molecular weight is 286 g/mol. The Balaban J connectivity index is 3.17. The normalized spacial score (nSPS) is 11.5. The van der Waals surface area contributed by atoms with E-state index < -0.39 is 0 Å². The number of rotatable bonds is 14. The van der Waals surface area contributed by atoms with Crippen LogP contribution >= 0.6 is 0 Å². The molecule has 0 atom stereocenters. The van der Waals surface area contributed by atoms with E-state index in [1.165, 1.54) is 0 Å². The van der Waals surface area contributed by atoms with E-state index in [4.69, 9.17) is 9.47 Å². The van der Waals surface area contributed by atoms with Gasteiger partial charge in [-0.15, -0.1) is 0 Å². The van der Waals surface area contributed by atoms with Gasteiger partial charge in [0.05, 0.1) is 13.2 Å². The van der Waals surface area contributed by atoms with Crippen LogP contribution in [0.3, 0.4) is 0 Å². The predicted octanol–water partition coefficient (Wildman–Crippen LogP) is 4.24. The molecule has 0 bridgehead atoms. The Morgan fingerprint density at radius 3 is 1.90 bits per heavy atom. The van der Waals surface area contributed by atoms with Crippen molar-refractivity contribution in [2.75, 3.05) is 26.4 Å². The number of hydrogen-bond donors (Lipinski definition) is 0. The number of carbonyl (C=O) groups is 1. The van der Waals surface area contributed by atoms with E-state index in [-0.39, 0.29) is 0 Å². The Hall–Kier alpha value is -0.410. The van der Waals surface area contributed by atoms with Crippen LogP contribution in [0.4, 0.5) is 0 Å². The first kappa shape index (κ1) is 19.6. The summed E-state index contributed by atoms with van der Waals surface area (Å²) in [4.78, 5) is 11.6. The zero-order valence-electron chi connectivity index (χ0n) is 14.0. The molecular formula is C17H34O3. The number of carbonyl (C=O) groups excluding carboxylic acids is 1. The first-order chi connectivity index (χ1) is 9.52. The van der Waals surface area contributed by atoms with Crippen molar-refractivity contribution in [3.8, 4) is 0 Å². The Bertz CT molecular complexity index is 224. The minimum atomic E-state index is 0.377. The van der Waals surface area contributed by atoms with Crippen molar-refractivity contribution in [2.45, 2.75) is 66.2 Å². The molecule has 0 unspecified atom stereocenters. The summed E-state index contributed by atoms with van der Waals surface area (Å²) in [5.74, 6) is 1.77. The fourth-order valence-corrected chi connectivity index (χ4v) is 1.84. The van der Waals surface area contributed by atoms with E-state index >= 15 is 0 Å². The lowest BCUT2D eigenvalue weighted by atomic mass is 10.0. The van der Waals surface area contributed by atoms with Crippen LogP contribution in [-0.4, -0.2) is 32.2 Å². The lowest BCUT2D eigenvalue weighted by Gasteiger charge is -2.07. The van der Waals surface area contributed by atoms with E-state index in [2.05, 4.69) is 27.7 Å². The molecule has 0 aromatic carbocycles. The van der Waals surface area contributed by atoms with Crippen LogP contribution < -0.4 is 0 Å². The highest BCUT2D eigenvalue weighted by atomic mass is 16.5. The summed E-state index contributed by atoms with van der Waals surface area (Å²) in [5, 5.41) is 0. The maximum absolute atomic E-state index is 11.6. The van der Waals surface area contributed by atoms with Crippen LogP contribution in [-0.2, 0) is 14.3 Å². The van der Waals surface area contributed by atoms with Crippen molar-refractivity contribution in [1.29, 1.82) is 0 Å². The summed E-state index contributed by atoms with van der Waals surface area (Å²) in [6.07, 6.45) is 5.51. The number of Topliss-reactive ketones (excluding diaryl/α,β-unsaturated/α-hetero) is 1. The molecule has 3 nitrogen and oxygen atoms in total. The smallest absolute Gasteiger partial charge is 0.132 e. The van der Waals surface area contributed by atoms with Crippen LogP contribution in [0.1, 0.15) is 66.2 Å². The van der Waals surface area contributed by atoms with Crippen LogP contribution in [0.25, 0.3) is 0 Å². The standard InChI is InChI=1S/C17H34O3/c1-15(2)7-5-8-17(18)9-6-11-19-13-14-20-12-10-16(3)4/h15-16H,5-14H2,1-4H3. The molecule has 0 amide bonds. The van der Waals surface area contributed by atoms with Gasteiger partial charge in [-0.1, -0.05) is 34.1 Å². The van der Waals surface area contributed by atoms with Gasteiger partial charge in [0, 0.05) is 26.1 Å². The van der Waals surface area contributed by atoms with E-state index in [0.717, 1.165) is 38.7 Å². The van der Waals surface area contributed by atoms with Gasteiger partial charge in [0.2, 0.25) is 0 Å². The van der Waals surface area contributed by atoms with Crippen molar-refractivity contribution >= 4 is 5.78 Å². The maximum Gasteiger partial charge on any atom is 0.132 e. The molecule has 0 heterocycles. The van der Waals surface area contributed by atoms with E-state index in [1.807, 2.05) is 0 Å².